The van der Waals surface area contributed by atoms with Gasteiger partial charge in [-0.15, -0.1) is 70.6 Å². The second-order valence-electron chi connectivity index (χ2n) is 18.9. The zero-order chi connectivity index (χ0) is 58.5. The SMILES string of the molecule is O=C(CCSc1ccccc1)OCC(COCC(COC(=O)CCSc1ccccc1)(COC(=O)CCSc1ccccc1)COC(=O)CCSc1ccccc1)(COC(=O)CCSc1ccccc1)COC(=O)CCSc1ccccc1. The first-order valence-corrected chi connectivity index (χ1v) is 33.0. The Bertz CT molecular complexity index is 2330. The Kier molecular flexibility index (Phi) is 31.1. The summed E-state index contributed by atoms with van der Waals surface area (Å²) in [6.45, 7) is -3.11. The number of thioether (sulfide) groups is 6. The fourth-order valence-corrected chi connectivity index (χ4v) is 12.6. The van der Waals surface area contributed by atoms with Crippen molar-refractivity contribution < 1.29 is 61.9 Å². The molecule has 0 bridgehead atoms. The molecule has 0 saturated heterocycles. The molecule has 0 unspecified atom stereocenters. The predicted molar refractivity (Wildman–Crippen MR) is 332 cm³/mol. The fourth-order valence-electron chi connectivity index (χ4n) is 7.43. The van der Waals surface area contributed by atoms with Crippen LogP contribution in [0.1, 0.15) is 38.5 Å². The predicted octanol–water partition coefficient (Wildman–Crippen LogP) is 13.3. The van der Waals surface area contributed by atoms with Crippen molar-refractivity contribution in [3.05, 3.63) is 182 Å². The Morgan fingerprint density at radius 3 is 0.554 bits per heavy atom. The molecule has 0 fully saturated rings. The molecule has 0 spiro atoms. The number of hydrogen-bond acceptors (Lipinski definition) is 19. The van der Waals surface area contributed by atoms with Crippen molar-refractivity contribution in [3.63, 3.8) is 0 Å². The first-order chi connectivity index (χ1) is 40.5. The molecule has 0 atom stereocenters. The van der Waals surface area contributed by atoms with Crippen LogP contribution in [0.3, 0.4) is 0 Å². The Morgan fingerprint density at radius 1 is 0.241 bits per heavy atom. The van der Waals surface area contributed by atoms with Gasteiger partial charge in [0.15, 0.2) is 0 Å². The Balaban J connectivity index is 1.25. The van der Waals surface area contributed by atoms with E-state index in [2.05, 4.69) is 0 Å². The van der Waals surface area contributed by atoms with Crippen molar-refractivity contribution in [1.29, 1.82) is 0 Å². The van der Waals surface area contributed by atoms with Crippen LogP contribution < -0.4 is 0 Å². The van der Waals surface area contributed by atoms with Gasteiger partial charge < -0.3 is 33.2 Å². The van der Waals surface area contributed by atoms with E-state index in [9.17, 15) is 28.8 Å². The Labute approximate surface area is 512 Å². The van der Waals surface area contributed by atoms with Crippen molar-refractivity contribution >= 4 is 106 Å². The summed E-state index contributed by atoms with van der Waals surface area (Å²) in [5, 5.41) is 0. The van der Waals surface area contributed by atoms with Crippen LogP contribution in [0.2, 0.25) is 0 Å². The van der Waals surface area contributed by atoms with Crippen LogP contribution in [-0.4, -0.2) is 123 Å². The number of ether oxygens (including phenoxy) is 7. The molecule has 0 radical (unpaired) electrons. The number of carbonyl (C=O) groups is 6. The lowest BCUT2D eigenvalue weighted by Crippen LogP contribution is -2.47. The van der Waals surface area contributed by atoms with E-state index in [0.717, 1.165) is 29.4 Å². The van der Waals surface area contributed by atoms with E-state index in [0.29, 0.717) is 34.5 Å². The van der Waals surface area contributed by atoms with Crippen LogP contribution in [-0.2, 0) is 61.9 Å². The first kappa shape index (κ1) is 66.3. The maximum absolute atomic E-state index is 13.6. The van der Waals surface area contributed by atoms with Crippen molar-refractivity contribution in [3.8, 4) is 0 Å². The highest BCUT2D eigenvalue weighted by Crippen LogP contribution is 2.30. The number of carbonyl (C=O) groups excluding carboxylic acids is 6. The van der Waals surface area contributed by atoms with Gasteiger partial charge in [-0.2, -0.15) is 0 Å². The summed E-state index contributed by atoms with van der Waals surface area (Å²) >= 11 is 8.93. The molecule has 0 aliphatic rings. The summed E-state index contributed by atoms with van der Waals surface area (Å²) < 4.78 is 42.5. The van der Waals surface area contributed by atoms with Crippen LogP contribution in [0.25, 0.3) is 0 Å². The van der Waals surface area contributed by atoms with E-state index < -0.39 is 86.3 Å². The second-order valence-corrected chi connectivity index (χ2v) is 25.9. The Morgan fingerprint density at radius 2 is 0.398 bits per heavy atom. The quantitative estimate of drug-likeness (QED) is 0.0202. The van der Waals surface area contributed by atoms with Crippen LogP contribution in [0.4, 0.5) is 0 Å². The second kappa shape index (κ2) is 38.9. The Hall–Kier alpha value is -5.80. The molecule has 83 heavy (non-hydrogen) atoms. The molecule has 0 saturated carbocycles. The standard InChI is InChI=1S/C64H70O13S6/c65-57(31-37-78-51-19-7-1-8-20-51)72-45-63(46-73-58(66)32-38-79-52-21-9-2-10-22-52,47-74-59(67)33-39-80-53-23-11-3-12-24-53)43-71-44-64(48-75-60(68)34-40-81-54-25-13-4-14-26-54,49-76-61(69)35-41-82-55-27-15-5-16-28-55)50-77-62(70)36-42-83-56-29-17-6-18-30-56/h1-30H,31-50H2. The number of rotatable bonds is 40. The highest BCUT2D eigenvalue weighted by molar-refractivity contribution is 8.00. The lowest BCUT2D eigenvalue weighted by molar-refractivity contribution is -0.174. The molecule has 6 aromatic carbocycles. The number of esters is 6. The molecule has 6 rings (SSSR count). The third kappa shape index (κ3) is 28.1. The zero-order valence-electron chi connectivity index (χ0n) is 46.2. The minimum absolute atomic E-state index is 0.0340. The average molecular weight is 1240 g/mol. The average Bonchev–Trinajstić information content (AvgIpc) is 3.60. The van der Waals surface area contributed by atoms with Gasteiger partial charge in [0.25, 0.3) is 0 Å². The van der Waals surface area contributed by atoms with Gasteiger partial charge in [0.1, 0.15) is 39.6 Å². The van der Waals surface area contributed by atoms with Gasteiger partial charge in [-0.05, 0) is 72.8 Å². The normalized spacial score (nSPS) is 11.3. The molecule has 0 aromatic heterocycles. The van der Waals surface area contributed by atoms with Gasteiger partial charge in [0.05, 0.1) is 62.6 Å². The maximum Gasteiger partial charge on any atom is 0.306 e. The summed E-state index contributed by atoms with van der Waals surface area (Å²) in [6.07, 6.45) is 0.204. The van der Waals surface area contributed by atoms with E-state index in [1.165, 1.54) is 70.6 Å². The molecule has 6 aromatic rings. The van der Waals surface area contributed by atoms with E-state index in [1.807, 2.05) is 182 Å². The summed E-state index contributed by atoms with van der Waals surface area (Å²) in [6, 6.07) is 57.8. The van der Waals surface area contributed by atoms with Crippen LogP contribution in [0.15, 0.2) is 211 Å². The maximum atomic E-state index is 13.6. The van der Waals surface area contributed by atoms with Crippen LogP contribution in [0.5, 0.6) is 0 Å². The minimum Gasteiger partial charge on any atom is -0.465 e. The van der Waals surface area contributed by atoms with Crippen molar-refractivity contribution in [2.45, 2.75) is 67.9 Å². The third-order valence-electron chi connectivity index (χ3n) is 12.0. The summed E-state index contributed by atoms with van der Waals surface area (Å²) in [5.41, 5.74) is -3.00. The van der Waals surface area contributed by atoms with Gasteiger partial charge in [0.2, 0.25) is 0 Å². The summed E-state index contributed by atoms with van der Waals surface area (Å²) in [7, 11) is 0. The molecule has 0 N–H and O–H groups in total. The molecule has 0 heterocycles. The summed E-state index contributed by atoms with van der Waals surface area (Å²) in [5.74, 6) is -0.812. The van der Waals surface area contributed by atoms with Crippen LogP contribution in [0, 0.1) is 10.8 Å². The number of hydrogen-bond donors (Lipinski definition) is 0. The third-order valence-corrected chi connectivity index (χ3v) is 18.0. The van der Waals surface area contributed by atoms with Gasteiger partial charge in [0, 0.05) is 63.9 Å². The van der Waals surface area contributed by atoms with Gasteiger partial charge in [-0.3, -0.25) is 28.8 Å². The van der Waals surface area contributed by atoms with E-state index >= 15 is 0 Å². The molecule has 0 amide bonds. The summed E-state index contributed by atoms with van der Waals surface area (Å²) in [4.78, 5) is 87.5. The largest absolute Gasteiger partial charge is 0.465 e. The molecule has 440 valence electrons. The van der Waals surface area contributed by atoms with Crippen molar-refractivity contribution in [1.82, 2.24) is 0 Å². The monoisotopic (exact) mass is 1240 g/mol. The minimum atomic E-state index is -1.50. The smallest absolute Gasteiger partial charge is 0.306 e. The molecular formula is C64H70O13S6. The molecule has 0 aliphatic carbocycles. The van der Waals surface area contributed by atoms with Gasteiger partial charge in [-0.1, -0.05) is 109 Å². The first-order valence-electron chi connectivity index (χ1n) is 27.1. The number of benzene rings is 6. The zero-order valence-corrected chi connectivity index (χ0v) is 51.1. The van der Waals surface area contributed by atoms with Crippen molar-refractivity contribution in [2.75, 3.05) is 87.4 Å². The molecule has 0 aliphatic heterocycles. The van der Waals surface area contributed by atoms with Gasteiger partial charge in [-0.25, -0.2) is 0 Å². The van der Waals surface area contributed by atoms with E-state index in [4.69, 9.17) is 33.2 Å². The lowest BCUT2D eigenvalue weighted by Gasteiger charge is -2.35. The topological polar surface area (TPSA) is 167 Å². The molecule has 13 nitrogen and oxygen atoms in total. The van der Waals surface area contributed by atoms with Crippen LogP contribution >= 0.6 is 70.6 Å². The van der Waals surface area contributed by atoms with E-state index in [1.54, 1.807) is 0 Å². The highest BCUT2D eigenvalue weighted by atomic mass is 32.2. The highest BCUT2D eigenvalue weighted by Gasteiger charge is 2.41. The van der Waals surface area contributed by atoms with E-state index in [-0.39, 0.29) is 51.7 Å². The molecular weight excluding hydrogens is 1170 g/mol. The van der Waals surface area contributed by atoms with Gasteiger partial charge >= 0.3 is 35.8 Å². The lowest BCUT2D eigenvalue weighted by atomic mass is 9.90. The fraction of sp³-hybridized carbons (Fsp3) is 0.344. The molecule has 19 heteroatoms. The van der Waals surface area contributed by atoms with Crippen molar-refractivity contribution in [2.24, 2.45) is 10.8 Å².